The number of halogens is 3. The first-order chi connectivity index (χ1) is 9.08. The highest BCUT2D eigenvalue weighted by atomic mass is 35.5. The number of nitrogens with one attached hydrogen (secondary N) is 1. The van der Waals surface area contributed by atoms with E-state index < -0.39 is 0 Å². The van der Waals surface area contributed by atoms with Crippen LogP contribution in [0.5, 0.6) is 5.75 Å². The Morgan fingerprint density at radius 1 is 1.11 bits per heavy atom. The molecule has 0 unspecified atom stereocenters. The van der Waals surface area contributed by atoms with Gasteiger partial charge < -0.3 is 10.2 Å². The Balaban J connectivity index is 2.13. The van der Waals surface area contributed by atoms with Gasteiger partial charge in [0.1, 0.15) is 18.2 Å². The highest BCUT2D eigenvalue weighted by Gasteiger charge is 2.06. The molecule has 1 heterocycles. The third-order valence-electron chi connectivity index (χ3n) is 2.28. The SMILES string of the molecule is NNc1ccc(Cl)c(COc2cc(Cl)cc(Cl)c2)n1. The van der Waals surface area contributed by atoms with Crippen molar-refractivity contribution in [1.29, 1.82) is 0 Å². The maximum absolute atomic E-state index is 6.02. The molecule has 3 N–H and O–H groups in total. The zero-order chi connectivity index (χ0) is 13.8. The van der Waals surface area contributed by atoms with Gasteiger partial charge >= 0.3 is 0 Å². The summed E-state index contributed by atoms with van der Waals surface area (Å²) in [6.45, 7) is 0.186. The van der Waals surface area contributed by atoms with Crippen LogP contribution in [0.4, 0.5) is 5.82 Å². The molecule has 0 aliphatic carbocycles. The molecule has 0 fully saturated rings. The Morgan fingerprint density at radius 2 is 1.79 bits per heavy atom. The summed E-state index contributed by atoms with van der Waals surface area (Å²) in [5.74, 6) is 6.33. The molecule has 0 saturated heterocycles. The number of benzene rings is 1. The van der Waals surface area contributed by atoms with Crippen molar-refractivity contribution in [3.05, 3.63) is 51.1 Å². The van der Waals surface area contributed by atoms with Gasteiger partial charge in [0.15, 0.2) is 0 Å². The van der Waals surface area contributed by atoms with Gasteiger partial charge in [0.05, 0.1) is 10.7 Å². The van der Waals surface area contributed by atoms with Crippen LogP contribution < -0.4 is 16.0 Å². The van der Waals surface area contributed by atoms with Crippen molar-refractivity contribution >= 4 is 40.6 Å². The third kappa shape index (κ3) is 3.88. The zero-order valence-electron chi connectivity index (χ0n) is 9.66. The highest BCUT2D eigenvalue weighted by molar-refractivity contribution is 6.34. The zero-order valence-corrected chi connectivity index (χ0v) is 11.9. The minimum atomic E-state index is 0.186. The maximum atomic E-state index is 6.02. The van der Waals surface area contributed by atoms with Gasteiger partial charge in [-0.2, -0.15) is 0 Å². The lowest BCUT2D eigenvalue weighted by Crippen LogP contribution is -2.10. The van der Waals surface area contributed by atoms with Crippen molar-refractivity contribution in [3.8, 4) is 5.75 Å². The van der Waals surface area contributed by atoms with E-state index in [2.05, 4.69) is 10.4 Å². The number of pyridine rings is 1. The van der Waals surface area contributed by atoms with Crippen molar-refractivity contribution in [2.75, 3.05) is 5.43 Å². The van der Waals surface area contributed by atoms with Crippen LogP contribution in [-0.4, -0.2) is 4.98 Å². The molecule has 1 aromatic carbocycles. The van der Waals surface area contributed by atoms with E-state index in [-0.39, 0.29) is 6.61 Å². The second-order valence-electron chi connectivity index (χ2n) is 3.66. The normalized spacial score (nSPS) is 10.3. The first-order valence-corrected chi connectivity index (χ1v) is 6.43. The second kappa shape index (κ2) is 6.30. The first-order valence-electron chi connectivity index (χ1n) is 5.29. The molecule has 0 spiro atoms. The van der Waals surface area contributed by atoms with Crippen LogP contribution in [0.15, 0.2) is 30.3 Å². The molecular formula is C12H10Cl3N3O. The molecule has 0 aliphatic rings. The quantitative estimate of drug-likeness (QED) is 0.663. The predicted molar refractivity (Wildman–Crippen MR) is 77.9 cm³/mol. The van der Waals surface area contributed by atoms with Gasteiger partial charge in [0, 0.05) is 10.0 Å². The number of hydrazine groups is 1. The summed E-state index contributed by atoms with van der Waals surface area (Å²) in [6.07, 6.45) is 0. The minimum Gasteiger partial charge on any atom is -0.487 e. The van der Waals surface area contributed by atoms with Crippen molar-refractivity contribution in [2.45, 2.75) is 6.61 Å². The average Bonchev–Trinajstić information content (AvgIpc) is 2.37. The Kier molecular flexibility index (Phi) is 4.71. The fraction of sp³-hybridized carbons (Fsp3) is 0.0833. The molecule has 0 atom stereocenters. The summed E-state index contributed by atoms with van der Waals surface area (Å²) >= 11 is 17.8. The number of nitrogen functional groups attached to an aromatic ring is 1. The van der Waals surface area contributed by atoms with Gasteiger partial charge in [-0.25, -0.2) is 10.8 Å². The molecule has 0 saturated carbocycles. The van der Waals surface area contributed by atoms with Crippen molar-refractivity contribution in [1.82, 2.24) is 4.98 Å². The summed E-state index contributed by atoms with van der Waals surface area (Å²) in [6, 6.07) is 8.30. The summed E-state index contributed by atoms with van der Waals surface area (Å²) in [7, 11) is 0. The van der Waals surface area contributed by atoms with Gasteiger partial charge in [-0.15, -0.1) is 0 Å². The molecule has 0 bridgehead atoms. The fourth-order valence-electron chi connectivity index (χ4n) is 1.43. The lowest BCUT2D eigenvalue weighted by Gasteiger charge is -2.09. The number of nitrogens with zero attached hydrogens (tertiary/aromatic N) is 1. The van der Waals surface area contributed by atoms with E-state index in [4.69, 9.17) is 45.4 Å². The molecule has 0 amide bonds. The Hall–Kier alpha value is -1.20. The molecule has 2 rings (SSSR count). The van der Waals surface area contributed by atoms with Crippen molar-refractivity contribution in [3.63, 3.8) is 0 Å². The third-order valence-corrected chi connectivity index (χ3v) is 3.06. The average molecular weight is 319 g/mol. The summed E-state index contributed by atoms with van der Waals surface area (Å²) < 4.78 is 5.55. The molecule has 0 aliphatic heterocycles. The summed E-state index contributed by atoms with van der Waals surface area (Å²) in [5.41, 5.74) is 3.01. The van der Waals surface area contributed by atoms with E-state index >= 15 is 0 Å². The molecule has 7 heteroatoms. The van der Waals surface area contributed by atoms with Crippen LogP contribution in [0.25, 0.3) is 0 Å². The highest BCUT2D eigenvalue weighted by Crippen LogP contribution is 2.25. The van der Waals surface area contributed by atoms with E-state index in [9.17, 15) is 0 Å². The number of hydrogen-bond acceptors (Lipinski definition) is 4. The second-order valence-corrected chi connectivity index (χ2v) is 4.94. The Morgan fingerprint density at radius 3 is 2.42 bits per heavy atom. The number of nitrogens with two attached hydrogens (primary N) is 1. The van der Waals surface area contributed by atoms with Crippen LogP contribution in [-0.2, 0) is 6.61 Å². The van der Waals surface area contributed by atoms with Gasteiger partial charge in [-0.05, 0) is 30.3 Å². The maximum Gasteiger partial charge on any atom is 0.140 e. The molecule has 2 aromatic rings. The molecule has 19 heavy (non-hydrogen) atoms. The van der Waals surface area contributed by atoms with Crippen LogP contribution in [0, 0.1) is 0 Å². The van der Waals surface area contributed by atoms with Crippen LogP contribution in [0.3, 0.4) is 0 Å². The molecular weight excluding hydrogens is 309 g/mol. The van der Waals surface area contributed by atoms with Crippen LogP contribution >= 0.6 is 34.8 Å². The number of anilines is 1. The largest absolute Gasteiger partial charge is 0.487 e. The van der Waals surface area contributed by atoms with Crippen molar-refractivity contribution in [2.24, 2.45) is 5.84 Å². The number of rotatable bonds is 4. The van der Waals surface area contributed by atoms with E-state index in [0.29, 0.717) is 32.3 Å². The lowest BCUT2D eigenvalue weighted by molar-refractivity contribution is 0.301. The smallest absolute Gasteiger partial charge is 0.140 e. The summed E-state index contributed by atoms with van der Waals surface area (Å²) in [4.78, 5) is 4.19. The Bertz CT molecular complexity index is 572. The van der Waals surface area contributed by atoms with Crippen LogP contribution in [0.1, 0.15) is 5.69 Å². The first kappa shape index (κ1) is 14.2. The standard InChI is InChI=1S/C12H10Cl3N3O/c13-7-3-8(14)5-9(4-7)19-6-11-10(15)1-2-12(17-11)18-16/h1-5H,6,16H2,(H,17,18). The minimum absolute atomic E-state index is 0.186. The number of hydrogen-bond donors (Lipinski definition) is 2. The number of aromatic nitrogens is 1. The topological polar surface area (TPSA) is 60.2 Å². The van der Waals surface area contributed by atoms with Crippen molar-refractivity contribution < 1.29 is 4.74 Å². The van der Waals surface area contributed by atoms with Gasteiger partial charge in [0.2, 0.25) is 0 Å². The van der Waals surface area contributed by atoms with Gasteiger partial charge in [0.25, 0.3) is 0 Å². The fourth-order valence-corrected chi connectivity index (χ4v) is 2.10. The van der Waals surface area contributed by atoms with E-state index in [1.807, 2.05) is 0 Å². The Labute approximate surface area is 125 Å². The predicted octanol–water partition coefficient (Wildman–Crippen LogP) is 3.91. The van der Waals surface area contributed by atoms with Gasteiger partial charge in [-0.1, -0.05) is 34.8 Å². The molecule has 1 aromatic heterocycles. The molecule has 100 valence electrons. The molecule has 4 nitrogen and oxygen atoms in total. The van der Waals surface area contributed by atoms with Crippen LogP contribution in [0.2, 0.25) is 15.1 Å². The van der Waals surface area contributed by atoms with E-state index in [1.54, 1.807) is 30.3 Å². The molecule has 0 radical (unpaired) electrons. The monoisotopic (exact) mass is 317 g/mol. The van der Waals surface area contributed by atoms with Gasteiger partial charge in [-0.3, -0.25) is 0 Å². The van der Waals surface area contributed by atoms with E-state index in [0.717, 1.165) is 0 Å². The lowest BCUT2D eigenvalue weighted by atomic mass is 10.3. The number of ether oxygens (including phenoxy) is 1. The van der Waals surface area contributed by atoms with E-state index in [1.165, 1.54) is 0 Å². The summed E-state index contributed by atoms with van der Waals surface area (Å²) in [5, 5.41) is 1.49.